The number of amides is 1. The highest BCUT2D eigenvalue weighted by Gasteiger charge is 2.30. The number of aromatic nitrogens is 1. The Hall–Kier alpha value is -2.25. The molecular weight excluding hydrogens is 328 g/mol. The van der Waals surface area contributed by atoms with E-state index < -0.39 is 12.1 Å². The molecule has 0 aliphatic carbocycles. The summed E-state index contributed by atoms with van der Waals surface area (Å²) < 4.78 is 5.14. The van der Waals surface area contributed by atoms with Gasteiger partial charge in [-0.2, -0.15) is 0 Å². The maximum Gasteiger partial charge on any atom is 0.334 e. The largest absolute Gasteiger partial charge is 0.479 e. The molecule has 1 aliphatic heterocycles. The number of aryl methyl sites for hydroxylation is 2. The third kappa shape index (κ3) is 3.98. The zero-order valence-corrected chi connectivity index (χ0v) is 13.9. The third-order valence-corrected chi connectivity index (χ3v) is 4.78. The van der Waals surface area contributed by atoms with Crippen LogP contribution in [-0.4, -0.2) is 52.7 Å². The van der Waals surface area contributed by atoms with Crippen molar-refractivity contribution in [2.45, 2.75) is 18.9 Å². The molecule has 1 atom stereocenters. The number of nitrogens with zero attached hydrogens (tertiary/aromatic N) is 2. The smallest absolute Gasteiger partial charge is 0.334 e. The first-order chi connectivity index (χ1) is 11.6. The Kier molecular flexibility index (Phi) is 5.22. The van der Waals surface area contributed by atoms with Gasteiger partial charge in [0.15, 0.2) is 6.10 Å². The van der Waals surface area contributed by atoms with E-state index in [4.69, 9.17) is 9.84 Å². The van der Waals surface area contributed by atoms with Crippen LogP contribution in [0.4, 0.5) is 0 Å². The van der Waals surface area contributed by atoms with Gasteiger partial charge in [0.2, 0.25) is 0 Å². The number of carbonyl (C=O) groups excluding carboxylic acids is 1. The first kappa shape index (κ1) is 16.6. The molecule has 1 amide bonds. The zero-order chi connectivity index (χ0) is 16.9. The molecule has 0 saturated carbocycles. The summed E-state index contributed by atoms with van der Waals surface area (Å²) in [5.41, 5.74) is 1.62. The monoisotopic (exact) mass is 346 g/mol. The second kappa shape index (κ2) is 7.55. The predicted octanol–water partition coefficient (Wildman–Crippen LogP) is 1.85. The second-order valence-corrected chi connectivity index (χ2v) is 6.50. The molecule has 1 saturated heterocycles. The molecule has 3 rings (SSSR count). The van der Waals surface area contributed by atoms with Gasteiger partial charge in [-0.15, -0.1) is 11.3 Å². The molecule has 2 aromatic rings. The molecule has 1 aromatic carbocycles. The minimum Gasteiger partial charge on any atom is -0.479 e. The molecule has 1 N–H and O–H groups in total. The van der Waals surface area contributed by atoms with Crippen LogP contribution in [0.5, 0.6) is 0 Å². The van der Waals surface area contributed by atoms with Crippen molar-refractivity contribution < 1.29 is 19.4 Å². The SMILES string of the molecule is O=C(O)[C@@H]1CN(C(=O)c2csc(CCc3ccccc3)n2)CCO1. The minimum atomic E-state index is -1.05. The van der Waals surface area contributed by atoms with E-state index in [0.717, 1.165) is 17.8 Å². The lowest BCUT2D eigenvalue weighted by atomic mass is 10.1. The average molecular weight is 346 g/mol. The Morgan fingerprint density at radius 3 is 2.83 bits per heavy atom. The van der Waals surface area contributed by atoms with Crippen molar-refractivity contribution in [2.75, 3.05) is 19.7 Å². The van der Waals surface area contributed by atoms with E-state index in [9.17, 15) is 9.59 Å². The molecule has 0 radical (unpaired) electrons. The van der Waals surface area contributed by atoms with Gasteiger partial charge in [0.1, 0.15) is 5.69 Å². The molecule has 1 aliphatic rings. The summed E-state index contributed by atoms with van der Waals surface area (Å²) in [6.07, 6.45) is 0.697. The number of morpholine rings is 1. The van der Waals surface area contributed by atoms with Crippen LogP contribution in [0.2, 0.25) is 0 Å². The fourth-order valence-electron chi connectivity index (χ4n) is 2.57. The number of thiazole rings is 1. The van der Waals surface area contributed by atoms with E-state index in [1.165, 1.54) is 21.8 Å². The summed E-state index contributed by atoms with van der Waals surface area (Å²) >= 11 is 1.46. The number of carboxylic acids is 1. The lowest BCUT2D eigenvalue weighted by Crippen LogP contribution is -2.48. The van der Waals surface area contributed by atoms with Crippen molar-refractivity contribution in [3.05, 3.63) is 52.0 Å². The summed E-state index contributed by atoms with van der Waals surface area (Å²) in [6.45, 7) is 0.679. The minimum absolute atomic E-state index is 0.0606. The number of carboxylic acid groups (broad SMARTS) is 1. The zero-order valence-electron chi connectivity index (χ0n) is 13.1. The second-order valence-electron chi connectivity index (χ2n) is 5.56. The van der Waals surface area contributed by atoms with E-state index in [-0.39, 0.29) is 19.1 Å². The number of hydrogen-bond acceptors (Lipinski definition) is 5. The number of benzene rings is 1. The number of ether oxygens (including phenoxy) is 1. The molecule has 2 heterocycles. The fraction of sp³-hybridized carbons (Fsp3) is 0.353. The van der Waals surface area contributed by atoms with Gasteiger partial charge in [-0.05, 0) is 12.0 Å². The Bertz CT molecular complexity index is 716. The van der Waals surface area contributed by atoms with Gasteiger partial charge in [0, 0.05) is 18.3 Å². The lowest BCUT2D eigenvalue weighted by molar-refractivity contribution is -0.154. The third-order valence-electron chi connectivity index (χ3n) is 3.87. The van der Waals surface area contributed by atoms with Crippen LogP contribution in [0.1, 0.15) is 21.1 Å². The Labute approximate surface area is 143 Å². The number of rotatable bonds is 5. The molecule has 7 heteroatoms. The quantitative estimate of drug-likeness (QED) is 0.894. The average Bonchev–Trinajstić information content (AvgIpc) is 3.09. The van der Waals surface area contributed by atoms with Gasteiger partial charge in [-0.3, -0.25) is 4.79 Å². The molecule has 126 valence electrons. The number of hydrogen-bond donors (Lipinski definition) is 1. The van der Waals surface area contributed by atoms with Crippen molar-refractivity contribution in [1.29, 1.82) is 0 Å². The van der Waals surface area contributed by atoms with Gasteiger partial charge < -0.3 is 14.7 Å². The highest BCUT2D eigenvalue weighted by molar-refractivity contribution is 7.09. The lowest BCUT2D eigenvalue weighted by Gasteiger charge is -2.30. The van der Waals surface area contributed by atoms with Gasteiger partial charge in [-0.25, -0.2) is 9.78 Å². The van der Waals surface area contributed by atoms with E-state index in [1.807, 2.05) is 18.2 Å². The first-order valence-electron chi connectivity index (χ1n) is 7.75. The Balaban J connectivity index is 1.60. The molecular formula is C17H18N2O4S. The number of carbonyl (C=O) groups is 2. The summed E-state index contributed by atoms with van der Waals surface area (Å²) in [6, 6.07) is 10.1. The van der Waals surface area contributed by atoms with Crippen molar-refractivity contribution in [3.63, 3.8) is 0 Å². The van der Waals surface area contributed by atoms with Gasteiger partial charge in [0.05, 0.1) is 18.2 Å². The van der Waals surface area contributed by atoms with Crippen LogP contribution in [0.15, 0.2) is 35.7 Å². The van der Waals surface area contributed by atoms with E-state index in [2.05, 4.69) is 17.1 Å². The van der Waals surface area contributed by atoms with Gasteiger partial charge in [0.25, 0.3) is 5.91 Å². The summed E-state index contributed by atoms with van der Waals surface area (Å²) in [7, 11) is 0. The molecule has 0 unspecified atom stereocenters. The van der Waals surface area contributed by atoms with Crippen molar-refractivity contribution >= 4 is 23.2 Å². The van der Waals surface area contributed by atoms with Crippen LogP contribution < -0.4 is 0 Å². The summed E-state index contributed by atoms with van der Waals surface area (Å²) in [5, 5.41) is 11.7. The van der Waals surface area contributed by atoms with Crippen LogP contribution in [0.3, 0.4) is 0 Å². The van der Waals surface area contributed by atoms with Crippen LogP contribution >= 0.6 is 11.3 Å². The Morgan fingerprint density at radius 2 is 2.08 bits per heavy atom. The molecule has 0 bridgehead atoms. The van der Waals surface area contributed by atoms with Crippen LogP contribution in [0, 0.1) is 0 Å². The number of aliphatic carboxylic acids is 1. The molecule has 6 nitrogen and oxygen atoms in total. The van der Waals surface area contributed by atoms with Crippen LogP contribution in [0.25, 0.3) is 0 Å². The van der Waals surface area contributed by atoms with Crippen LogP contribution in [-0.2, 0) is 22.4 Å². The molecule has 24 heavy (non-hydrogen) atoms. The van der Waals surface area contributed by atoms with Crippen molar-refractivity contribution in [3.8, 4) is 0 Å². The topological polar surface area (TPSA) is 79.7 Å². The normalized spacial score (nSPS) is 17.7. The maximum absolute atomic E-state index is 12.5. The summed E-state index contributed by atoms with van der Waals surface area (Å²) in [5.74, 6) is -1.28. The van der Waals surface area contributed by atoms with E-state index >= 15 is 0 Å². The summed E-state index contributed by atoms with van der Waals surface area (Å²) in [4.78, 5) is 29.4. The van der Waals surface area contributed by atoms with Gasteiger partial charge in [-0.1, -0.05) is 30.3 Å². The first-order valence-corrected chi connectivity index (χ1v) is 8.63. The van der Waals surface area contributed by atoms with Crippen molar-refractivity contribution in [2.24, 2.45) is 0 Å². The van der Waals surface area contributed by atoms with E-state index in [0.29, 0.717) is 12.2 Å². The Morgan fingerprint density at radius 1 is 1.29 bits per heavy atom. The molecule has 1 aromatic heterocycles. The molecule has 1 fully saturated rings. The highest BCUT2D eigenvalue weighted by Crippen LogP contribution is 2.16. The van der Waals surface area contributed by atoms with Crippen molar-refractivity contribution in [1.82, 2.24) is 9.88 Å². The standard InChI is InChI=1S/C17H18N2O4S/c20-16(19-8-9-23-14(10-19)17(21)22)13-11-24-15(18-13)7-6-12-4-2-1-3-5-12/h1-5,11,14H,6-10H2,(H,21,22)/t14-/m0/s1. The predicted molar refractivity (Wildman–Crippen MR) is 89.2 cm³/mol. The maximum atomic E-state index is 12.5. The highest BCUT2D eigenvalue weighted by atomic mass is 32.1. The molecule has 0 spiro atoms. The van der Waals surface area contributed by atoms with Gasteiger partial charge >= 0.3 is 5.97 Å². The fourth-order valence-corrected chi connectivity index (χ4v) is 3.34. The van der Waals surface area contributed by atoms with E-state index in [1.54, 1.807) is 5.38 Å².